The summed E-state index contributed by atoms with van der Waals surface area (Å²) in [7, 11) is 0. The van der Waals surface area contributed by atoms with Crippen molar-refractivity contribution < 1.29 is 9.18 Å². The van der Waals surface area contributed by atoms with Gasteiger partial charge in [-0.1, -0.05) is 45.7 Å². The molecule has 0 fully saturated rings. The van der Waals surface area contributed by atoms with E-state index < -0.39 is 0 Å². The minimum Gasteiger partial charge on any atom is -0.299 e. The molecule has 0 aromatic heterocycles. The van der Waals surface area contributed by atoms with Crippen molar-refractivity contribution in [2.75, 3.05) is 0 Å². The van der Waals surface area contributed by atoms with Crippen molar-refractivity contribution in [2.45, 2.75) is 12.8 Å². The molecular weight excluding hydrogens is 331 g/mol. The quantitative estimate of drug-likeness (QED) is 0.794. The van der Waals surface area contributed by atoms with Gasteiger partial charge in [-0.05, 0) is 35.4 Å². The minimum atomic E-state index is -0.381. The van der Waals surface area contributed by atoms with Crippen molar-refractivity contribution in [2.24, 2.45) is 0 Å². The van der Waals surface area contributed by atoms with Crippen molar-refractivity contribution in [1.29, 1.82) is 0 Å². The summed E-state index contributed by atoms with van der Waals surface area (Å²) in [6.45, 7) is 0. The average Bonchev–Trinajstić information content (AvgIpc) is 2.37. The fraction of sp³-hybridized carbons (Fsp3) is 0.133. The molecule has 0 heterocycles. The lowest BCUT2D eigenvalue weighted by molar-refractivity contribution is -0.117. The molecule has 0 N–H and O–H groups in total. The Bertz CT molecular complexity index is 613. The summed E-state index contributed by atoms with van der Waals surface area (Å²) in [5.41, 5.74) is 1.44. The van der Waals surface area contributed by atoms with Crippen molar-refractivity contribution in [3.05, 3.63) is 68.9 Å². The third kappa shape index (κ3) is 3.88. The van der Waals surface area contributed by atoms with Gasteiger partial charge in [-0.25, -0.2) is 4.39 Å². The minimum absolute atomic E-state index is 0.000556. The molecule has 0 amide bonds. The molecule has 1 nitrogen and oxygen atoms in total. The van der Waals surface area contributed by atoms with Crippen LogP contribution in [0.1, 0.15) is 11.1 Å². The van der Waals surface area contributed by atoms with E-state index in [9.17, 15) is 9.18 Å². The van der Waals surface area contributed by atoms with Gasteiger partial charge in [0.2, 0.25) is 0 Å². The van der Waals surface area contributed by atoms with Crippen LogP contribution in [0, 0.1) is 5.82 Å². The van der Waals surface area contributed by atoms with Crippen LogP contribution in [0.2, 0.25) is 5.02 Å². The number of hydrogen-bond acceptors (Lipinski definition) is 1. The van der Waals surface area contributed by atoms with Crippen molar-refractivity contribution >= 4 is 33.3 Å². The highest BCUT2D eigenvalue weighted by molar-refractivity contribution is 9.10. The fourth-order valence-electron chi connectivity index (χ4n) is 1.81. The highest BCUT2D eigenvalue weighted by atomic mass is 79.9. The topological polar surface area (TPSA) is 17.1 Å². The SMILES string of the molecule is O=C(Cc1cc(F)ccc1Cl)Cc1ccccc1Br. The molecule has 0 radical (unpaired) electrons. The molecule has 0 unspecified atom stereocenters. The lowest BCUT2D eigenvalue weighted by Crippen LogP contribution is -2.07. The van der Waals surface area contributed by atoms with Crippen LogP contribution in [-0.4, -0.2) is 5.78 Å². The number of carbonyl (C=O) groups is 1. The van der Waals surface area contributed by atoms with Crippen molar-refractivity contribution in [1.82, 2.24) is 0 Å². The molecule has 4 heteroatoms. The van der Waals surface area contributed by atoms with Crippen LogP contribution < -0.4 is 0 Å². The number of ketones is 1. The molecule has 0 atom stereocenters. The maximum atomic E-state index is 13.1. The Morgan fingerprint density at radius 3 is 2.53 bits per heavy atom. The molecule has 98 valence electrons. The summed E-state index contributed by atoms with van der Waals surface area (Å²) in [6, 6.07) is 11.6. The molecule has 0 aliphatic heterocycles. The van der Waals surface area contributed by atoms with Gasteiger partial charge in [0.05, 0.1) is 0 Å². The zero-order valence-electron chi connectivity index (χ0n) is 10.00. The molecule has 0 spiro atoms. The predicted octanol–water partition coefficient (Wildman–Crippen LogP) is 4.60. The summed E-state index contributed by atoms with van der Waals surface area (Å²) in [4.78, 5) is 12.0. The summed E-state index contributed by atoms with van der Waals surface area (Å²) in [5.74, 6) is -0.382. The van der Waals surface area contributed by atoms with E-state index in [-0.39, 0.29) is 18.0 Å². The maximum Gasteiger partial charge on any atom is 0.141 e. The normalized spacial score (nSPS) is 10.5. The monoisotopic (exact) mass is 340 g/mol. The summed E-state index contributed by atoms with van der Waals surface area (Å²) in [6.07, 6.45) is 0.437. The Labute approximate surface area is 124 Å². The fourth-order valence-corrected chi connectivity index (χ4v) is 2.42. The molecule has 0 aliphatic carbocycles. The first-order chi connectivity index (χ1) is 9.06. The second-order valence-corrected chi connectivity index (χ2v) is 5.48. The van der Waals surface area contributed by atoms with Crippen LogP contribution in [0.25, 0.3) is 0 Å². The van der Waals surface area contributed by atoms with E-state index in [4.69, 9.17) is 11.6 Å². The van der Waals surface area contributed by atoms with Crippen molar-refractivity contribution in [3.8, 4) is 0 Å². The van der Waals surface area contributed by atoms with Crippen LogP contribution in [0.4, 0.5) is 4.39 Å². The lowest BCUT2D eigenvalue weighted by atomic mass is 10.0. The van der Waals surface area contributed by atoms with E-state index >= 15 is 0 Å². The third-order valence-electron chi connectivity index (χ3n) is 2.74. The van der Waals surface area contributed by atoms with E-state index in [0.29, 0.717) is 17.0 Å². The number of benzene rings is 2. The standard InChI is InChI=1S/C15H11BrClFO/c16-14-4-2-1-3-10(14)8-13(19)9-11-7-12(18)5-6-15(11)17/h1-7H,8-9H2. The molecule has 2 rings (SSSR count). The maximum absolute atomic E-state index is 13.1. The van der Waals surface area contributed by atoms with Gasteiger partial charge >= 0.3 is 0 Å². The molecule has 19 heavy (non-hydrogen) atoms. The van der Waals surface area contributed by atoms with Gasteiger partial charge in [0.1, 0.15) is 11.6 Å². The molecule has 0 saturated heterocycles. The zero-order chi connectivity index (χ0) is 13.8. The van der Waals surface area contributed by atoms with Gasteiger partial charge in [-0.2, -0.15) is 0 Å². The smallest absolute Gasteiger partial charge is 0.141 e. The molecule has 0 aliphatic rings. The van der Waals surface area contributed by atoms with E-state index in [2.05, 4.69) is 15.9 Å². The van der Waals surface area contributed by atoms with Crippen LogP contribution in [-0.2, 0) is 17.6 Å². The van der Waals surface area contributed by atoms with Crippen LogP contribution in [0.3, 0.4) is 0 Å². The highest BCUT2D eigenvalue weighted by Gasteiger charge is 2.10. The number of carbonyl (C=O) groups excluding carboxylic acids is 1. The highest BCUT2D eigenvalue weighted by Crippen LogP contribution is 2.20. The number of Topliss-reactive ketones (excluding diaryl/α,β-unsaturated/α-hetero) is 1. The summed E-state index contributed by atoms with van der Waals surface area (Å²) in [5, 5.41) is 0.418. The molecule has 2 aromatic carbocycles. The first kappa shape index (κ1) is 14.2. The Balaban J connectivity index is 2.10. The van der Waals surface area contributed by atoms with E-state index in [1.165, 1.54) is 18.2 Å². The zero-order valence-corrected chi connectivity index (χ0v) is 12.3. The Morgan fingerprint density at radius 1 is 1.11 bits per heavy atom. The Hall–Kier alpha value is -1.19. The Kier molecular flexibility index (Phi) is 4.72. The summed E-state index contributed by atoms with van der Waals surface area (Å²) >= 11 is 9.34. The number of hydrogen-bond donors (Lipinski definition) is 0. The second kappa shape index (κ2) is 6.31. The van der Waals surface area contributed by atoms with E-state index in [1.807, 2.05) is 24.3 Å². The molecule has 2 aromatic rings. The third-order valence-corrected chi connectivity index (χ3v) is 3.88. The molecule has 0 saturated carbocycles. The second-order valence-electron chi connectivity index (χ2n) is 4.22. The summed E-state index contributed by atoms with van der Waals surface area (Å²) < 4.78 is 14.0. The van der Waals surface area contributed by atoms with Gasteiger partial charge in [0, 0.05) is 22.3 Å². The van der Waals surface area contributed by atoms with Gasteiger partial charge in [-0.3, -0.25) is 4.79 Å². The largest absolute Gasteiger partial charge is 0.299 e. The number of halogens is 3. The first-order valence-corrected chi connectivity index (χ1v) is 6.92. The van der Waals surface area contributed by atoms with E-state index in [0.717, 1.165) is 10.0 Å². The van der Waals surface area contributed by atoms with Crippen molar-refractivity contribution in [3.63, 3.8) is 0 Å². The average molecular weight is 342 g/mol. The van der Waals surface area contributed by atoms with Crippen LogP contribution >= 0.6 is 27.5 Å². The predicted molar refractivity (Wildman–Crippen MR) is 78.0 cm³/mol. The lowest BCUT2D eigenvalue weighted by Gasteiger charge is -2.06. The van der Waals surface area contributed by atoms with Gasteiger partial charge in [-0.15, -0.1) is 0 Å². The van der Waals surface area contributed by atoms with Gasteiger partial charge in [0.25, 0.3) is 0 Å². The van der Waals surface area contributed by atoms with Crippen LogP contribution in [0.5, 0.6) is 0 Å². The van der Waals surface area contributed by atoms with Crippen LogP contribution in [0.15, 0.2) is 46.9 Å². The Morgan fingerprint density at radius 2 is 1.79 bits per heavy atom. The molecule has 0 bridgehead atoms. The number of rotatable bonds is 4. The van der Waals surface area contributed by atoms with Gasteiger partial charge < -0.3 is 0 Å². The van der Waals surface area contributed by atoms with Gasteiger partial charge in [0.15, 0.2) is 0 Å². The van der Waals surface area contributed by atoms with E-state index in [1.54, 1.807) is 0 Å². The first-order valence-electron chi connectivity index (χ1n) is 5.75. The molecular formula is C15H11BrClFO.